The number of urea groups is 1. The molecule has 2 fully saturated rings. The van der Waals surface area contributed by atoms with Crippen LogP contribution in [0.1, 0.15) is 44.2 Å². The fourth-order valence-corrected chi connectivity index (χ4v) is 4.84. The largest absolute Gasteiger partial charge is 0.352 e. The molecular formula is C25H29N3O3. The van der Waals surface area contributed by atoms with Gasteiger partial charge in [-0.3, -0.25) is 14.5 Å². The Labute approximate surface area is 183 Å². The summed E-state index contributed by atoms with van der Waals surface area (Å²) in [5.74, 6) is 0.176. The molecule has 6 heteroatoms. The van der Waals surface area contributed by atoms with Gasteiger partial charge in [-0.2, -0.15) is 0 Å². The van der Waals surface area contributed by atoms with Crippen molar-refractivity contribution in [3.05, 3.63) is 71.8 Å². The summed E-state index contributed by atoms with van der Waals surface area (Å²) in [7, 11) is 0. The van der Waals surface area contributed by atoms with Gasteiger partial charge in [-0.1, -0.05) is 87.4 Å². The molecule has 0 spiro atoms. The number of amides is 4. The lowest BCUT2D eigenvalue weighted by Gasteiger charge is -2.34. The molecule has 0 bridgehead atoms. The van der Waals surface area contributed by atoms with Gasteiger partial charge in [0.1, 0.15) is 6.54 Å². The summed E-state index contributed by atoms with van der Waals surface area (Å²) < 4.78 is 0. The Bertz CT molecular complexity index is 921. The SMILES string of the molecule is C[C@H]1[C@H](C)CCC[C@H]1NC(=O)CN1C(=O)NC(c2ccccc2)(c2ccccc2)C1=O. The molecule has 2 aromatic rings. The second kappa shape index (κ2) is 8.53. The van der Waals surface area contributed by atoms with E-state index in [0.717, 1.165) is 24.2 Å². The van der Waals surface area contributed by atoms with Crippen LogP contribution in [0.5, 0.6) is 0 Å². The third kappa shape index (κ3) is 3.82. The molecule has 1 saturated carbocycles. The quantitative estimate of drug-likeness (QED) is 0.729. The van der Waals surface area contributed by atoms with Crippen molar-refractivity contribution in [1.82, 2.24) is 15.5 Å². The van der Waals surface area contributed by atoms with Crippen LogP contribution < -0.4 is 10.6 Å². The first kappa shape index (κ1) is 21.1. The molecule has 3 atom stereocenters. The van der Waals surface area contributed by atoms with Crippen molar-refractivity contribution in [2.75, 3.05) is 6.54 Å². The zero-order valence-electron chi connectivity index (χ0n) is 18.0. The Morgan fingerprint density at radius 3 is 2.16 bits per heavy atom. The standard InChI is InChI=1S/C25H29N3O3/c1-17-10-9-15-21(18(17)2)26-22(29)16-28-23(30)25(27-24(28)31,19-11-5-3-6-12-19)20-13-7-4-8-14-20/h3-8,11-14,17-18,21H,9-10,15-16H2,1-2H3,(H,26,29)(H,27,31)/t17-,18+,21-/m1/s1. The fraction of sp³-hybridized carbons (Fsp3) is 0.400. The molecule has 4 amide bonds. The van der Waals surface area contributed by atoms with E-state index in [0.29, 0.717) is 23.0 Å². The lowest BCUT2D eigenvalue weighted by molar-refractivity contribution is -0.134. The predicted molar refractivity (Wildman–Crippen MR) is 118 cm³/mol. The van der Waals surface area contributed by atoms with Crippen LogP contribution in [0.3, 0.4) is 0 Å². The minimum Gasteiger partial charge on any atom is -0.352 e. The summed E-state index contributed by atoms with van der Waals surface area (Å²) in [5.41, 5.74) is -0.0126. The summed E-state index contributed by atoms with van der Waals surface area (Å²) in [6.07, 6.45) is 3.16. The lowest BCUT2D eigenvalue weighted by Crippen LogP contribution is -2.49. The number of carbonyl (C=O) groups excluding carboxylic acids is 3. The molecule has 31 heavy (non-hydrogen) atoms. The van der Waals surface area contributed by atoms with Gasteiger partial charge in [0.2, 0.25) is 5.91 Å². The molecular weight excluding hydrogens is 390 g/mol. The van der Waals surface area contributed by atoms with Crippen LogP contribution in [0.25, 0.3) is 0 Å². The average Bonchev–Trinajstić information content (AvgIpc) is 3.04. The number of rotatable bonds is 5. The lowest BCUT2D eigenvalue weighted by atomic mass is 9.78. The molecule has 1 heterocycles. The van der Waals surface area contributed by atoms with Crippen molar-refractivity contribution in [3.8, 4) is 0 Å². The van der Waals surface area contributed by atoms with Crippen LogP contribution in [0.4, 0.5) is 4.79 Å². The molecule has 0 aromatic heterocycles. The minimum absolute atomic E-state index is 0.0741. The molecule has 0 radical (unpaired) electrons. The summed E-state index contributed by atoms with van der Waals surface area (Å²) in [6.45, 7) is 4.07. The van der Waals surface area contributed by atoms with Gasteiger partial charge in [0.15, 0.2) is 5.54 Å². The first-order valence-corrected chi connectivity index (χ1v) is 11.0. The molecule has 1 saturated heterocycles. The van der Waals surface area contributed by atoms with Crippen LogP contribution in [0, 0.1) is 11.8 Å². The van der Waals surface area contributed by atoms with E-state index < -0.39 is 17.5 Å². The Kier molecular flexibility index (Phi) is 5.81. The Balaban J connectivity index is 1.59. The van der Waals surface area contributed by atoms with Crippen molar-refractivity contribution in [1.29, 1.82) is 0 Å². The highest BCUT2D eigenvalue weighted by Gasteiger charge is 2.54. The summed E-state index contributed by atoms with van der Waals surface area (Å²) in [5, 5.41) is 5.94. The Hall–Kier alpha value is -3.15. The van der Waals surface area contributed by atoms with Crippen molar-refractivity contribution in [3.63, 3.8) is 0 Å². The van der Waals surface area contributed by atoms with Gasteiger partial charge in [-0.05, 0) is 29.4 Å². The van der Waals surface area contributed by atoms with Crippen molar-refractivity contribution in [2.24, 2.45) is 11.8 Å². The van der Waals surface area contributed by atoms with Crippen molar-refractivity contribution >= 4 is 17.8 Å². The van der Waals surface area contributed by atoms with E-state index >= 15 is 0 Å². The second-order valence-electron chi connectivity index (χ2n) is 8.74. The maximum atomic E-state index is 13.6. The van der Waals surface area contributed by atoms with E-state index in [1.807, 2.05) is 60.7 Å². The molecule has 1 aliphatic heterocycles. The van der Waals surface area contributed by atoms with E-state index in [2.05, 4.69) is 24.5 Å². The highest BCUT2D eigenvalue weighted by Crippen LogP contribution is 2.36. The normalized spacial score (nSPS) is 25.2. The van der Waals surface area contributed by atoms with E-state index in [1.54, 1.807) is 0 Å². The third-order valence-corrected chi connectivity index (χ3v) is 6.87. The molecule has 1 aliphatic carbocycles. The Morgan fingerprint density at radius 2 is 1.58 bits per heavy atom. The van der Waals surface area contributed by atoms with Gasteiger partial charge in [0, 0.05) is 6.04 Å². The van der Waals surface area contributed by atoms with Gasteiger partial charge >= 0.3 is 6.03 Å². The third-order valence-electron chi connectivity index (χ3n) is 6.87. The maximum Gasteiger partial charge on any atom is 0.326 e. The van der Waals surface area contributed by atoms with Gasteiger partial charge in [0.25, 0.3) is 5.91 Å². The van der Waals surface area contributed by atoms with Crippen LogP contribution >= 0.6 is 0 Å². The Morgan fingerprint density at radius 1 is 1.00 bits per heavy atom. The van der Waals surface area contributed by atoms with Crippen molar-refractivity contribution < 1.29 is 14.4 Å². The number of carbonyl (C=O) groups is 3. The van der Waals surface area contributed by atoms with Crippen LogP contribution in [0.2, 0.25) is 0 Å². The first-order chi connectivity index (χ1) is 14.9. The second-order valence-corrected chi connectivity index (χ2v) is 8.74. The van der Waals surface area contributed by atoms with E-state index in [-0.39, 0.29) is 18.5 Å². The molecule has 0 unspecified atom stereocenters. The van der Waals surface area contributed by atoms with Gasteiger partial charge in [-0.15, -0.1) is 0 Å². The zero-order chi connectivity index (χ0) is 22.0. The highest BCUT2D eigenvalue weighted by atomic mass is 16.2. The average molecular weight is 420 g/mol. The van der Waals surface area contributed by atoms with E-state index in [9.17, 15) is 14.4 Å². The minimum atomic E-state index is -1.34. The van der Waals surface area contributed by atoms with Gasteiger partial charge in [-0.25, -0.2) is 4.79 Å². The summed E-state index contributed by atoms with van der Waals surface area (Å²) in [6, 6.07) is 17.9. The number of imide groups is 1. The molecule has 2 N–H and O–H groups in total. The molecule has 4 rings (SSSR count). The van der Waals surface area contributed by atoms with E-state index in [1.165, 1.54) is 0 Å². The summed E-state index contributed by atoms with van der Waals surface area (Å²) >= 11 is 0. The number of nitrogens with zero attached hydrogens (tertiary/aromatic N) is 1. The van der Waals surface area contributed by atoms with Crippen LogP contribution in [0.15, 0.2) is 60.7 Å². The molecule has 2 aliphatic rings. The van der Waals surface area contributed by atoms with Gasteiger partial charge in [0.05, 0.1) is 0 Å². The van der Waals surface area contributed by atoms with Crippen molar-refractivity contribution in [2.45, 2.75) is 44.7 Å². The zero-order valence-corrected chi connectivity index (χ0v) is 18.0. The monoisotopic (exact) mass is 419 g/mol. The topological polar surface area (TPSA) is 78.5 Å². The number of hydrogen-bond donors (Lipinski definition) is 2. The first-order valence-electron chi connectivity index (χ1n) is 11.0. The highest BCUT2D eigenvalue weighted by molar-refractivity contribution is 6.11. The predicted octanol–water partition coefficient (Wildman–Crippen LogP) is 3.42. The smallest absolute Gasteiger partial charge is 0.326 e. The fourth-order valence-electron chi connectivity index (χ4n) is 4.84. The molecule has 6 nitrogen and oxygen atoms in total. The summed E-state index contributed by atoms with van der Waals surface area (Å²) in [4.78, 5) is 40.4. The number of nitrogens with one attached hydrogen (secondary N) is 2. The maximum absolute atomic E-state index is 13.6. The molecule has 2 aromatic carbocycles. The van der Waals surface area contributed by atoms with Crippen LogP contribution in [-0.4, -0.2) is 35.3 Å². The van der Waals surface area contributed by atoms with E-state index in [4.69, 9.17) is 0 Å². The molecule has 162 valence electrons. The number of hydrogen-bond acceptors (Lipinski definition) is 3. The van der Waals surface area contributed by atoms with Crippen LogP contribution in [-0.2, 0) is 15.1 Å². The van der Waals surface area contributed by atoms with Gasteiger partial charge < -0.3 is 10.6 Å². The number of benzene rings is 2.